The van der Waals surface area contributed by atoms with Gasteiger partial charge in [-0.05, 0) is 74.3 Å². The monoisotopic (exact) mass is 542 g/mol. The summed E-state index contributed by atoms with van der Waals surface area (Å²) in [4.78, 5) is 47.7. The Balaban J connectivity index is 1.37. The van der Waals surface area contributed by atoms with Gasteiger partial charge in [-0.15, -0.1) is 0 Å². The van der Waals surface area contributed by atoms with Gasteiger partial charge in [-0.25, -0.2) is 4.79 Å². The normalized spacial score (nSPS) is 43.6. The zero-order valence-corrected chi connectivity index (χ0v) is 23.1. The molecule has 4 saturated carbocycles. The molecular weight excluding hydrogens is 504 g/mol. The van der Waals surface area contributed by atoms with Crippen molar-refractivity contribution in [3.05, 3.63) is 34.4 Å². The lowest BCUT2D eigenvalue weighted by molar-refractivity contribution is -0.186. The van der Waals surface area contributed by atoms with Crippen molar-refractivity contribution in [1.82, 2.24) is 0 Å². The molecule has 0 radical (unpaired) electrons. The van der Waals surface area contributed by atoms with Crippen LogP contribution in [0.4, 0.5) is 0 Å². The van der Waals surface area contributed by atoms with Crippen LogP contribution in [-0.4, -0.2) is 48.4 Å². The van der Waals surface area contributed by atoms with Crippen LogP contribution in [0.25, 0.3) is 0 Å². The van der Waals surface area contributed by atoms with Gasteiger partial charge >= 0.3 is 23.5 Å². The molecule has 0 aromatic carbocycles. The second-order valence-electron chi connectivity index (χ2n) is 12.7. The average molecular weight is 543 g/mol. The molecule has 0 N–H and O–H groups in total. The largest absolute Gasteiger partial charge is 0.465 e. The van der Waals surface area contributed by atoms with Gasteiger partial charge < -0.3 is 23.4 Å². The Labute approximate surface area is 227 Å². The minimum atomic E-state index is -0.474. The van der Waals surface area contributed by atoms with Crippen LogP contribution in [0.3, 0.4) is 0 Å². The van der Waals surface area contributed by atoms with E-state index in [1.807, 2.05) is 0 Å². The van der Waals surface area contributed by atoms with Crippen LogP contribution in [0.1, 0.15) is 84.1 Å². The second kappa shape index (κ2) is 9.18. The van der Waals surface area contributed by atoms with Crippen molar-refractivity contribution in [2.45, 2.75) is 102 Å². The molecule has 5 aliphatic rings. The first-order valence-corrected chi connectivity index (χ1v) is 14.3. The fourth-order valence-corrected chi connectivity index (χ4v) is 9.74. The Bertz CT molecular complexity index is 1220. The van der Waals surface area contributed by atoms with Crippen molar-refractivity contribution in [2.75, 3.05) is 6.61 Å². The topological polar surface area (TPSA) is 122 Å². The molecule has 9 nitrogen and oxygen atoms in total. The molecule has 6 rings (SSSR count). The molecule has 1 saturated heterocycles. The molecule has 1 aromatic rings. The van der Waals surface area contributed by atoms with E-state index < -0.39 is 17.3 Å². The van der Waals surface area contributed by atoms with Gasteiger partial charge in [0.1, 0.15) is 23.9 Å². The first kappa shape index (κ1) is 26.5. The summed E-state index contributed by atoms with van der Waals surface area (Å²) < 4.78 is 29.3. The Morgan fingerprint density at radius 2 is 1.72 bits per heavy atom. The van der Waals surface area contributed by atoms with Gasteiger partial charge in [-0.2, -0.15) is 0 Å². The zero-order valence-electron chi connectivity index (χ0n) is 23.1. The molecule has 2 heterocycles. The highest BCUT2D eigenvalue weighted by atomic mass is 16.7. The molecule has 4 aliphatic carbocycles. The third kappa shape index (κ3) is 3.90. The van der Waals surface area contributed by atoms with Crippen molar-refractivity contribution in [1.29, 1.82) is 0 Å². The van der Waals surface area contributed by atoms with Gasteiger partial charge in [-0.1, -0.05) is 6.92 Å². The van der Waals surface area contributed by atoms with Crippen LogP contribution < -0.4 is 5.63 Å². The molecule has 9 heteroatoms. The molecule has 212 valence electrons. The van der Waals surface area contributed by atoms with Crippen LogP contribution in [-0.2, 0) is 33.3 Å². The summed E-state index contributed by atoms with van der Waals surface area (Å²) in [5.74, 6) is -0.312. The number of ether oxygens (including phenoxy) is 4. The Hall–Kier alpha value is -2.68. The van der Waals surface area contributed by atoms with E-state index in [1.54, 1.807) is 6.07 Å². The Morgan fingerprint density at radius 1 is 0.949 bits per heavy atom. The molecular formula is C30H38O9. The van der Waals surface area contributed by atoms with Gasteiger partial charge in [0.05, 0.1) is 12.9 Å². The third-order valence-electron chi connectivity index (χ3n) is 11.0. The maximum Gasteiger partial charge on any atom is 0.335 e. The van der Waals surface area contributed by atoms with E-state index in [0.717, 1.165) is 50.5 Å². The van der Waals surface area contributed by atoms with Gasteiger partial charge in [0.25, 0.3) is 0 Å². The maximum atomic E-state index is 12.2. The van der Waals surface area contributed by atoms with E-state index in [2.05, 4.69) is 6.92 Å². The summed E-state index contributed by atoms with van der Waals surface area (Å²) in [6.07, 6.45) is 6.67. The summed E-state index contributed by atoms with van der Waals surface area (Å²) >= 11 is 0. The number of epoxide rings is 1. The fourth-order valence-electron chi connectivity index (χ4n) is 9.74. The van der Waals surface area contributed by atoms with Crippen LogP contribution in [0, 0.1) is 28.6 Å². The maximum absolute atomic E-state index is 12.2. The molecule has 1 aliphatic heterocycles. The van der Waals surface area contributed by atoms with E-state index >= 15 is 0 Å². The Kier molecular flexibility index (Phi) is 6.25. The van der Waals surface area contributed by atoms with Gasteiger partial charge in [0, 0.05) is 43.6 Å². The molecule has 0 amide bonds. The van der Waals surface area contributed by atoms with Crippen molar-refractivity contribution < 1.29 is 37.7 Å². The zero-order chi connectivity index (χ0) is 27.7. The Morgan fingerprint density at radius 3 is 2.38 bits per heavy atom. The molecule has 0 unspecified atom stereocenters. The van der Waals surface area contributed by atoms with E-state index in [-0.39, 0.29) is 64.6 Å². The number of hydrogen-bond donors (Lipinski definition) is 0. The molecule has 1 aromatic heterocycles. The van der Waals surface area contributed by atoms with Crippen LogP contribution in [0.5, 0.6) is 0 Å². The van der Waals surface area contributed by atoms with Gasteiger partial charge in [-0.3, -0.25) is 14.4 Å². The van der Waals surface area contributed by atoms with Crippen molar-refractivity contribution in [2.24, 2.45) is 28.6 Å². The summed E-state index contributed by atoms with van der Waals surface area (Å²) in [6.45, 7) is 6.93. The van der Waals surface area contributed by atoms with Crippen LogP contribution in [0.15, 0.2) is 27.6 Å². The predicted molar refractivity (Wildman–Crippen MR) is 136 cm³/mol. The molecule has 39 heavy (non-hydrogen) atoms. The number of carbonyl (C=O) groups excluding carboxylic acids is 3. The first-order chi connectivity index (χ1) is 18.5. The lowest BCUT2D eigenvalue weighted by Crippen LogP contribution is -2.60. The SMILES string of the molecule is CC(=O)OC[C@]12CC[C@H](OC(C)=O)C[C@H]1CC[C@@H]1[C@@H]2CC[C@]2(C)[C@@H](c3ccc(=O)oc3)[C@@H](OC(C)=O)[C@H]3O[C@]132. The highest BCUT2D eigenvalue weighted by Crippen LogP contribution is 2.78. The van der Waals surface area contributed by atoms with Gasteiger partial charge in [0.2, 0.25) is 0 Å². The summed E-state index contributed by atoms with van der Waals surface area (Å²) in [7, 11) is 0. The van der Waals surface area contributed by atoms with Crippen molar-refractivity contribution >= 4 is 17.9 Å². The first-order valence-electron chi connectivity index (χ1n) is 14.3. The van der Waals surface area contributed by atoms with E-state index in [9.17, 15) is 19.2 Å². The predicted octanol–water partition coefficient (Wildman–Crippen LogP) is 3.91. The molecule has 0 bridgehead atoms. The number of carbonyl (C=O) groups is 3. The standard InChI is InChI=1S/C30H38O9/c1-16(31)36-15-29-12-9-21(37-17(2)32)13-20(29)6-7-23-22(29)10-11-28(4)25(19-5-8-24(34)35-14-19)26(38-18(3)33)27-30(23,28)39-27/h5,8,14,20-23,25-27H,6-7,9-13,15H2,1-4H3/t20-,21+,22+,23-,25+,26-,27-,28-,29-,30-/m1/s1. The average Bonchev–Trinajstić information content (AvgIpc) is 3.58. The number of esters is 3. The molecule has 10 atom stereocenters. The third-order valence-corrected chi connectivity index (χ3v) is 11.0. The summed E-state index contributed by atoms with van der Waals surface area (Å²) in [5, 5.41) is 0. The molecule has 1 spiro atoms. The number of hydrogen-bond acceptors (Lipinski definition) is 9. The highest BCUT2D eigenvalue weighted by molar-refractivity contribution is 5.67. The lowest BCUT2D eigenvalue weighted by atomic mass is 9.43. The smallest absolute Gasteiger partial charge is 0.335 e. The van der Waals surface area contributed by atoms with Crippen LogP contribution in [0.2, 0.25) is 0 Å². The van der Waals surface area contributed by atoms with E-state index in [4.69, 9.17) is 23.4 Å². The number of fused-ring (bicyclic) bond motifs is 3. The summed E-state index contributed by atoms with van der Waals surface area (Å²) in [6, 6.07) is 3.21. The fraction of sp³-hybridized carbons (Fsp3) is 0.733. The van der Waals surface area contributed by atoms with Crippen molar-refractivity contribution in [3.8, 4) is 0 Å². The minimum Gasteiger partial charge on any atom is -0.465 e. The molecule has 5 fully saturated rings. The van der Waals surface area contributed by atoms with E-state index in [1.165, 1.54) is 33.1 Å². The second-order valence-corrected chi connectivity index (χ2v) is 12.7. The van der Waals surface area contributed by atoms with E-state index in [0.29, 0.717) is 6.61 Å². The lowest BCUT2D eigenvalue weighted by Gasteiger charge is -2.61. The minimum absolute atomic E-state index is 0.108. The highest BCUT2D eigenvalue weighted by Gasteiger charge is 2.85. The van der Waals surface area contributed by atoms with Crippen LogP contribution >= 0.6 is 0 Å². The number of rotatable bonds is 5. The summed E-state index contributed by atoms with van der Waals surface area (Å²) in [5.41, 5.74) is -0.587. The quantitative estimate of drug-likeness (QED) is 0.310. The van der Waals surface area contributed by atoms with Gasteiger partial charge in [0.15, 0.2) is 0 Å². The van der Waals surface area contributed by atoms with Crippen molar-refractivity contribution in [3.63, 3.8) is 0 Å².